The number of anilines is 2. The summed E-state index contributed by atoms with van der Waals surface area (Å²) in [7, 11) is 3.16. The molecule has 1 aromatic heterocycles. The zero-order chi connectivity index (χ0) is 26.4. The van der Waals surface area contributed by atoms with Crippen LogP contribution in [0.1, 0.15) is 55.1 Å². The van der Waals surface area contributed by atoms with Gasteiger partial charge in [-0.15, -0.1) is 0 Å². The molecule has 2 unspecified atom stereocenters. The molecule has 1 aliphatic rings. The predicted octanol–water partition coefficient (Wildman–Crippen LogP) is 5.48. The molecule has 1 aliphatic carbocycles. The predicted molar refractivity (Wildman–Crippen MR) is 132 cm³/mol. The summed E-state index contributed by atoms with van der Waals surface area (Å²) < 4.78 is 58.5. The van der Waals surface area contributed by atoms with Crippen molar-refractivity contribution in [3.63, 3.8) is 0 Å². The minimum absolute atomic E-state index is 0.00630. The second-order valence-electron chi connectivity index (χ2n) is 9.54. The molecule has 1 heterocycles. The van der Waals surface area contributed by atoms with Crippen molar-refractivity contribution in [3.05, 3.63) is 46.8 Å². The molecule has 0 bridgehead atoms. The van der Waals surface area contributed by atoms with E-state index in [4.69, 9.17) is 25.7 Å². The van der Waals surface area contributed by atoms with E-state index < -0.39 is 17.7 Å². The first kappa shape index (κ1) is 25.8. The number of nitrogens with zero attached hydrogens (tertiary/aromatic N) is 2. The standard InChI is InChI=1S/C26H31F3N4O3/c1-13(16-8-17(26(27,28)29)10-18(30)9-16)21-22-19(32-15(3)33-24(22)31)11-20(35-5)23(21)36-14(2)25(6-7-25)12-34-4/h8-11,13-14H,6-7,12,30H2,1-5H3,(H2,31,32,33). The number of rotatable bonds is 8. The molecule has 0 aliphatic heterocycles. The summed E-state index contributed by atoms with van der Waals surface area (Å²) in [6, 6.07) is 5.26. The average Bonchev–Trinajstić information content (AvgIpc) is 3.58. The number of fused-ring (bicyclic) bond motifs is 1. The molecule has 1 fully saturated rings. The van der Waals surface area contributed by atoms with Crippen LogP contribution in [-0.2, 0) is 10.9 Å². The van der Waals surface area contributed by atoms with Crippen LogP contribution in [0.15, 0.2) is 24.3 Å². The maximum Gasteiger partial charge on any atom is 0.416 e. The van der Waals surface area contributed by atoms with Gasteiger partial charge in [-0.2, -0.15) is 13.2 Å². The molecule has 194 valence electrons. The molecule has 4 N–H and O–H groups in total. The SMILES string of the molecule is COCC1(C(C)Oc2c(OC)cc3nc(C)nc(N)c3c2C(C)c2cc(N)cc(C(F)(F)F)c2)CC1. The third-order valence-corrected chi connectivity index (χ3v) is 7.02. The number of aryl methyl sites for hydroxylation is 1. The highest BCUT2D eigenvalue weighted by Gasteiger charge is 2.49. The van der Waals surface area contributed by atoms with Crippen LogP contribution in [0, 0.1) is 12.3 Å². The molecule has 2 aromatic carbocycles. The average molecular weight is 505 g/mol. The molecule has 2 atom stereocenters. The van der Waals surface area contributed by atoms with Gasteiger partial charge in [-0.25, -0.2) is 9.97 Å². The first-order chi connectivity index (χ1) is 16.9. The van der Waals surface area contributed by atoms with Crippen molar-refractivity contribution in [1.29, 1.82) is 0 Å². The minimum atomic E-state index is -4.55. The third kappa shape index (κ3) is 4.74. The lowest BCUT2D eigenvalue weighted by molar-refractivity contribution is -0.137. The van der Waals surface area contributed by atoms with Crippen LogP contribution in [-0.4, -0.2) is 36.9 Å². The lowest BCUT2D eigenvalue weighted by atomic mass is 9.87. The van der Waals surface area contributed by atoms with Crippen LogP contribution >= 0.6 is 0 Å². The molecular weight excluding hydrogens is 473 g/mol. The molecule has 7 nitrogen and oxygen atoms in total. The van der Waals surface area contributed by atoms with E-state index in [1.165, 1.54) is 13.2 Å². The van der Waals surface area contributed by atoms with Crippen LogP contribution in [0.2, 0.25) is 0 Å². The zero-order valence-corrected chi connectivity index (χ0v) is 21.0. The van der Waals surface area contributed by atoms with Crippen molar-refractivity contribution in [2.45, 2.75) is 51.8 Å². The second kappa shape index (κ2) is 9.31. The van der Waals surface area contributed by atoms with Crippen LogP contribution in [0.3, 0.4) is 0 Å². The Labute approximate surface area is 207 Å². The van der Waals surface area contributed by atoms with Gasteiger partial charge in [0, 0.05) is 35.8 Å². The molecule has 0 amide bonds. The number of benzene rings is 2. The summed E-state index contributed by atoms with van der Waals surface area (Å²) in [6.07, 6.45) is -2.92. The normalized spacial score (nSPS) is 16.6. The van der Waals surface area contributed by atoms with Gasteiger partial charge < -0.3 is 25.7 Å². The van der Waals surface area contributed by atoms with E-state index >= 15 is 0 Å². The molecule has 1 saturated carbocycles. The fourth-order valence-corrected chi connectivity index (χ4v) is 4.79. The fourth-order valence-electron chi connectivity index (χ4n) is 4.79. The molecular formula is C26H31F3N4O3. The molecule has 36 heavy (non-hydrogen) atoms. The van der Waals surface area contributed by atoms with Gasteiger partial charge in [0.05, 0.1) is 30.2 Å². The fraction of sp³-hybridized carbons (Fsp3) is 0.462. The van der Waals surface area contributed by atoms with E-state index in [0.717, 1.165) is 25.0 Å². The highest BCUT2D eigenvalue weighted by molar-refractivity contribution is 5.95. The van der Waals surface area contributed by atoms with Gasteiger partial charge in [0.2, 0.25) is 0 Å². The number of hydrogen-bond donors (Lipinski definition) is 2. The van der Waals surface area contributed by atoms with Gasteiger partial charge >= 0.3 is 6.18 Å². The van der Waals surface area contributed by atoms with Crippen molar-refractivity contribution in [1.82, 2.24) is 9.97 Å². The molecule has 0 saturated heterocycles. The Bertz CT molecular complexity index is 1290. The Hall–Kier alpha value is -3.27. The Morgan fingerprint density at radius 1 is 1.06 bits per heavy atom. The van der Waals surface area contributed by atoms with Gasteiger partial charge in [0.15, 0.2) is 11.5 Å². The quantitative estimate of drug-likeness (QED) is 0.392. The van der Waals surface area contributed by atoms with E-state index in [2.05, 4.69) is 9.97 Å². The lowest BCUT2D eigenvalue weighted by Gasteiger charge is -2.29. The van der Waals surface area contributed by atoms with Crippen LogP contribution in [0.25, 0.3) is 10.9 Å². The number of alkyl halides is 3. The number of nitrogens with two attached hydrogens (primary N) is 2. The van der Waals surface area contributed by atoms with Gasteiger partial charge in [-0.3, -0.25) is 0 Å². The maximum absolute atomic E-state index is 13.6. The van der Waals surface area contributed by atoms with Crippen molar-refractivity contribution in [2.75, 3.05) is 32.3 Å². The minimum Gasteiger partial charge on any atom is -0.493 e. The van der Waals surface area contributed by atoms with E-state index in [-0.39, 0.29) is 23.0 Å². The summed E-state index contributed by atoms with van der Waals surface area (Å²) in [6.45, 7) is 5.99. The van der Waals surface area contributed by atoms with E-state index in [0.29, 0.717) is 46.0 Å². The van der Waals surface area contributed by atoms with Crippen molar-refractivity contribution < 1.29 is 27.4 Å². The number of hydrogen-bond acceptors (Lipinski definition) is 7. The zero-order valence-electron chi connectivity index (χ0n) is 21.0. The van der Waals surface area contributed by atoms with Crippen LogP contribution in [0.4, 0.5) is 24.7 Å². The Morgan fingerprint density at radius 3 is 2.33 bits per heavy atom. The summed E-state index contributed by atoms with van der Waals surface area (Å²) in [5.41, 5.74) is 12.7. The third-order valence-electron chi connectivity index (χ3n) is 7.02. The number of aromatic nitrogens is 2. The number of nitrogen functional groups attached to an aromatic ring is 2. The van der Waals surface area contributed by atoms with Gasteiger partial charge in [0.1, 0.15) is 17.7 Å². The number of ether oxygens (including phenoxy) is 3. The molecule has 4 rings (SSSR count). The van der Waals surface area contributed by atoms with Crippen LogP contribution in [0.5, 0.6) is 11.5 Å². The summed E-state index contributed by atoms with van der Waals surface area (Å²) in [4.78, 5) is 8.84. The maximum atomic E-state index is 13.6. The molecule has 0 radical (unpaired) electrons. The molecule has 10 heteroatoms. The van der Waals surface area contributed by atoms with Gasteiger partial charge in [-0.05, 0) is 50.5 Å². The van der Waals surface area contributed by atoms with E-state index in [1.807, 2.05) is 6.92 Å². The van der Waals surface area contributed by atoms with Crippen molar-refractivity contribution >= 4 is 22.4 Å². The Kier molecular flexibility index (Phi) is 6.68. The second-order valence-corrected chi connectivity index (χ2v) is 9.54. The smallest absolute Gasteiger partial charge is 0.416 e. The lowest BCUT2D eigenvalue weighted by Crippen LogP contribution is -2.29. The van der Waals surface area contributed by atoms with E-state index in [1.54, 1.807) is 27.0 Å². The largest absolute Gasteiger partial charge is 0.493 e. The Balaban J connectivity index is 1.96. The number of methoxy groups -OCH3 is 2. The van der Waals surface area contributed by atoms with Gasteiger partial charge in [-0.1, -0.05) is 6.92 Å². The first-order valence-corrected chi connectivity index (χ1v) is 11.7. The summed E-state index contributed by atoms with van der Waals surface area (Å²) in [5, 5.41) is 0.503. The van der Waals surface area contributed by atoms with E-state index in [9.17, 15) is 13.2 Å². The first-order valence-electron chi connectivity index (χ1n) is 11.7. The summed E-state index contributed by atoms with van der Waals surface area (Å²) in [5.74, 6) is 0.852. The Morgan fingerprint density at radius 2 is 1.75 bits per heavy atom. The topological polar surface area (TPSA) is 106 Å². The molecule has 0 spiro atoms. The van der Waals surface area contributed by atoms with Gasteiger partial charge in [0.25, 0.3) is 0 Å². The number of halogens is 3. The van der Waals surface area contributed by atoms with Crippen molar-refractivity contribution in [3.8, 4) is 11.5 Å². The van der Waals surface area contributed by atoms with Crippen molar-refractivity contribution in [2.24, 2.45) is 5.41 Å². The monoisotopic (exact) mass is 504 g/mol. The molecule has 3 aromatic rings. The summed E-state index contributed by atoms with van der Waals surface area (Å²) >= 11 is 0. The highest BCUT2D eigenvalue weighted by Crippen LogP contribution is 2.52. The highest BCUT2D eigenvalue weighted by atomic mass is 19.4. The van der Waals surface area contributed by atoms with Crippen LogP contribution < -0.4 is 20.9 Å².